The van der Waals surface area contributed by atoms with Gasteiger partial charge in [0.2, 0.25) is 0 Å². The molecule has 118 valence electrons. The second kappa shape index (κ2) is 6.52. The molecule has 2 aromatic heterocycles. The Morgan fingerprint density at radius 1 is 1.22 bits per heavy atom. The second-order valence-corrected chi connectivity index (χ2v) is 5.48. The first-order valence-electron chi connectivity index (χ1n) is 7.53. The normalized spacial score (nSPS) is 10.7. The molecule has 1 aromatic carbocycles. The molecule has 0 saturated carbocycles. The quantitative estimate of drug-likeness (QED) is 0.788. The van der Waals surface area contributed by atoms with Gasteiger partial charge in [-0.3, -0.25) is 9.48 Å². The van der Waals surface area contributed by atoms with E-state index in [4.69, 9.17) is 4.42 Å². The van der Waals surface area contributed by atoms with Crippen molar-refractivity contribution >= 4 is 5.91 Å². The molecule has 3 rings (SSSR count). The Balaban J connectivity index is 1.71. The smallest absolute Gasteiger partial charge is 0.255 e. The van der Waals surface area contributed by atoms with Crippen molar-refractivity contribution in [2.75, 3.05) is 0 Å². The van der Waals surface area contributed by atoms with Crippen LogP contribution in [0.25, 0.3) is 0 Å². The van der Waals surface area contributed by atoms with Gasteiger partial charge in [-0.15, -0.1) is 0 Å². The molecule has 23 heavy (non-hydrogen) atoms. The summed E-state index contributed by atoms with van der Waals surface area (Å²) < 4.78 is 7.27. The van der Waals surface area contributed by atoms with Crippen LogP contribution >= 0.6 is 0 Å². The number of nitrogens with zero attached hydrogens (tertiary/aromatic N) is 2. The van der Waals surface area contributed by atoms with E-state index in [1.165, 1.54) is 0 Å². The number of hydrogen-bond donors (Lipinski definition) is 1. The monoisotopic (exact) mass is 309 g/mol. The van der Waals surface area contributed by atoms with E-state index in [-0.39, 0.29) is 5.91 Å². The molecule has 0 unspecified atom stereocenters. The number of aryl methyl sites for hydroxylation is 2. The zero-order chi connectivity index (χ0) is 16.2. The molecular weight excluding hydrogens is 290 g/mol. The third kappa shape index (κ3) is 3.51. The highest BCUT2D eigenvalue weighted by atomic mass is 16.3. The summed E-state index contributed by atoms with van der Waals surface area (Å²) in [6.07, 6.45) is 3.68. The molecule has 0 spiro atoms. The molecule has 2 heterocycles. The lowest BCUT2D eigenvalue weighted by Crippen LogP contribution is -2.23. The standard InChI is InChI=1S/C18H19N3O2/c1-13-10-17(14(2)23-13)18(22)19-11-15-6-3-4-7-16(15)12-21-9-5-8-20-21/h3-10H,11-12H2,1-2H3,(H,19,22). The molecule has 0 bridgehead atoms. The van der Waals surface area contributed by atoms with E-state index < -0.39 is 0 Å². The minimum absolute atomic E-state index is 0.117. The zero-order valence-electron chi connectivity index (χ0n) is 13.2. The van der Waals surface area contributed by atoms with Gasteiger partial charge in [-0.2, -0.15) is 5.10 Å². The van der Waals surface area contributed by atoms with Crippen molar-refractivity contribution in [3.8, 4) is 0 Å². The molecule has 5 heteroatoms. The number of rotatable bonds is 5. The van der Waals surface area contributed by atoms with Crippen LogP contribution in [0, 0.1) is 13.8 Å². The van der Waals surface area contributed by atoms with Gasteiger partial charge in [0.15, 0.2) is 0 Å². The van der Waals surface area contributed by atoms with Crippen LogP contribution < -0.4 is 5.32 Å². The van der Waals surface area contributed by atoms with Gasteiger partial charge in [0.1, 0.15) is 11.5 Å². The van der Waals surface area contributed by atoms with Crippen LogP contribution in [0.1, 0.15) is 33.0 Å². The highest BCUT2D eigenvalue weighted by molar-refractivity contribution is 5.95. The van der Waals surface area contributed by atoms with E-state index in [0.717, 1.165) is 16.9 Å². The number of carbonyl (C=O) groups is 1. The molecular formula is C18H19N3O2. The number of nitrogens with one attached hydrogen (secondary N) is 1. The molecule has 3 aromatic rings. The highest BCUT2D eigenvalue weighted by Gasteiger charge is 2.13. The molecule has 1 N–H and O–H groups in total. The van der Waals surface area contributed by atoms with Gasteiger partial charge < -0.3 is 9.73 Å². The Morgan fingerprint density at radius 2 is 2.00 bits per heavy atom. The predicted octanol–water partition coefficient (Wildman–Crippen LogP) is 3.07. The van der Waals surface area contributed by atoms with Crippen LogP contribution in [-0.4, -0.2) is 15.7 Å². The number of aromatic nitrogens is 2. The fourth-order valence-corrected chi connectivity index (χ4v) is 2.58. The van der Waals surface area contributed by atoms with E-state index in [0.29, 0.717) is 24.4 Å². The maximum Gasteiger partial charge on any atom is 0.255 e. The molecule has 1 amide bonds. The van der Waals surface area contributed by atoms with Crippen molar-refractivity contribution in [3.63, 3.8) is 0 Å². The van der Waals surface area contributed by atoms with Gasteiger partial charge >= 0.3 is 0 Å². The van der Waals surface area contributed by atoms with E-state index >= 15 is 0 Å². The Hall–Kier alpha value is -2.82. The first-order chi connectivity index (χ1) is 11.1. The third-order valence-electron chi connectivity index (χ3n) is 3.73. The first kappa shape index (κ1) is 15.1. The van der Waals surface area contributed by atoms with E-state index in [1.54, 1.807) is 19.2 Å². The SMILES string of the molecule is Cc1cc(C(=O)NCc2ccccc2Cn2cccn2)c(C)o1. The van der Waals surface area contributed by atoms with Crippen LogP contribution in [0.3, 0.4) is 0 Å². The minimum atomic E-state index is -0.117. The van der Waals surface area contributed by atoms with Crippen molar-refractivity contribution in [2.24, 2.45) is 0 Å². The van der Waals surface area contributed by atoms with Gasteiger partial charge in [0.05, 0.1) is 12.1 Å². The number of benzene rings is 1. The fraction of sp³-hybridized carbons (Fsp3) is 0.222. The molecule has 0 aliphatic rings. The minimum Gasteiger partial charge on any atom is -0.466 e. The fourth-order valence-electron chi connectivity index (χ4n) is 2.58. The van der Waals surface area contributed by atoms with Gasteiger partial charge in [0, 0.05) is 18.9 Å². The topological polar surface area (TPSA) is 60.1 Å². The van der Waals surface area contributed by atoms with Crippen molar-refractivity contribution in [1.82, 2.24) is 15.1 Å². The van der Waals surface area contributed by atoms with Crippen molar-refractivity contribution < 1.29 is 9.21 Å². The number of amides is 1. The van der Waals surface area contributed by atoms with Gasteiger partial charge in [-0.25, -0.2) is 0 Å². The van der Waals surface area contributed by atoms with Crippen molar-refractivity contribution in [3.05, 3.63) is 77.0 Å². The molecule has 5 nitrogen and oxygen atoms in total. The molecule has 0 aliphatic heterocycles. The van der Waals surface area contributed by atoms with E-state index in [9.17, 15) is 4.79 Å². The Labute approximate surface area is 134 Å². The summed E-state index contributed by atoms with van der Waals surface area (Å²) in [5.74, 6) is 1.27. The summed E-state index contributed by atoms with van der Waals surface area (Å²) in [6, 6.07) is 11.7. The lowest BCUT2D eigenvalue weighted by molar-refractivity contribution is 0.0949. The van der Waals surface area contributed by atoms with Crippen molar-refractivity contribution in [1.29, 1.82) is 0 Å². The lowest BCUT2D eigenvalue weighted by Gasteiger charge is -2.11. The van der Waals surface area contributed by atoms with E-state index in [2.05, 4.69) is 16.5 Å². The van der Waals surface area contributed by atoms with Crippen LogP contribution in [0.15, 0.2) is 53.2 Å². The summed E-state index contributed by atoms with van der Waals surface area (Å²) in [4.78, 5) is 12.3. The van der Waals surface area contributed by atoms with E-state index in [1.807, 2.05) is 42.1 Å². The summed E-state index contributed by atoms with van der Waals surface area (Å²) in [5, 5.41) is 7.19. The lowest BCUT2D eigenvalue weighted by atomic mass is 10.1. The highest BCUT2D eigenvalue weighted by Crippen LogP contribution is 2.14. The number of furan rings is 1. The Kier molecular flexibility index (Phi) is 4.28. The molecule has 0 fully saturated rings. The van der Waals surface area contributed by atoms with Crippen LogP contribution in [0.5, 0.6) is 0 Å². The van der Waals surface area contributed by atoms with Crippen LogP contribution in [0.2, 0.25) is 0 Å². The number of hydrogen-bond acceptors (Lipinski definition) is 3. The average Bonchev–Trinajstić information content (AvgIpc) is 3.15. The van der Waals surface area contributed by atoms with Crippen LogP contribution in [-0.2, 0) is 13.1 Å². The maximum atomic E-state index is 12.3. The molecule has 0 saturated heterocycles. The van der Waals surface area contributed by atoms with Crippen LogP contribution in [0.4, 0.5) is 0 Å². The largest absolute Gasteiger partial charge is 0.466 e. The van der Waals surface area contributed by atoms with Crippen molar-refractivity contribution in [2.45, 2.75) is 26.9 Å². The number of carbonyl (C=O) groups excluding carboxylic acids is 1. The predicted molar refractivity (Wildman–Crippen MR) is 87.1 cm³/mol. The third-order valence-corrected chi connectivity index (χ3v) is 3.73. The zero-order valence-corrected chi connectivity index (χ0v) is 13.2. The summed E-state index contributed by atoms with van der Waals surface area (Å²) in [6.45, 7) is 4.79. The molecule has 0 radical (unpaired) electrons. The Bertz CT molecular complexity index is 804. The molecule has 0 aliphatic carbocycles. The van der Waals surface area contributed by atoms with Gasteiger partial charge in [-0.05, 0) is 37.1 Å². The molecule has 0 atom stereocenters. The first-order valence-corrected chi connectivity index (χ1v) is 7.53. The van der Waals surface area contributed by atoms with Gasteiger partial charge in [0.25, 0.3) is 5.91 Å². The van der Waals surface area contributed by atoms with Gasteiger partial charge in [-0.1, -0.05) is 24.3 Å². The average molecular weight is 309 g/mol. The summed E-state index contributed by atoms with van der Waals surface area (Å²) in [5.41, 5.74) is 2.80. The summed E-state index contributed by atoms with van der Waals surface area (Å²) >= 11 is 0. The summed E-state index contributed by atoms with van der Waals surface area (Å²) in [7, 11) is 0. The Morgan fingerprint density at radius 3 is 2.65 bits per heavy atom. The second-order valence-electron chi connectivity index (χ2n) is 5.48. The maximum absolute atomic E-state index is 12.3.